The van der Waals surface area contributed by atoms with E-state index < -0.39 is 17.8 Å². The van der Waals surface area contributed by atoms with Gasteiger partial charge in [-0.05, 0) is 58.9 Å². The van der Waals surface area contributed by atoms with Crippen molar-refractivity contribution in [3.63, 3.8) is 0 Å². The van der Waals surface area contributed by atoms with Gasteiger partial charge in [0, 0.05) is 81.5 Å². The fourth-order valence-corrected chi connectivity index (χ4v) is 5.60. The zero-order valence-corrected chi connectivity index (χ0v) is 23.9. The topological polar surface area (TPSA) is 89.4 Å². The molecule has 39 heavy (non-hydrogen) atoms. The highest BCUT2D eigenvalue weighted by molar-refractivity contribution is 5.94. The van der Waals surface area contributed by atoms with E-state index >= 15 is 0 Å². The summed E-state index contributed by atoms with van der Waals surface area (Å²) in [5.74, 6) is -0.0577. The molecule has 2 aliphatic heterocycles. The quantitative estimate of drug-likeness (QED) is 0.446. The van der Waals surface area contributed by atoms with Crippen molar-refractivity contribution in [3.05, 3.63) is 24.0 Å². The van der Waals surface area contributed by atoms with Crippen LogP contribution in [0.5, 0.6) is 0 Å². The number of ether oxygens (including phenoxy) is 3. The van der Waals surface area contributed by atoms with Gasteiger partial charge in [0.2, 0.25) is 0 Å². The lowest BCUT2D eigenvalue weighted by molar-refractivity contribution is -0.150. The third-order valence-corrected chi connectivity index (χ3v) is 7.61. The summed E-state index contributed by atoms with van der Waals surface area (Å²) in [5.41, 5.74) is 2.68. The molecule has 2 amide bonds. The number of morpholine rings is 1. The van der Waals surface area contributed by atoms with Crippen LogP contribution in [0.25, 0.3) is 11.0 Å². The lowest BCUT2D eigenvalue weighted by atomic mass is 10.1. The summed E-state index contributed by atoms with van der Waals surface area (Å²) in [6.07, 6.45) is 8.20. The van der Waals surface area contributed by atoms with E-state index in [1.165, 1.54) is 18.5 Å². The molecule has 1 aliphatic carbocycles. The molecule has 10 nitrogen and oxygen atoms in total. The van der Waals surface area contributed by atoms with Crippen LogP contribution < -0.4 is 4.90 Å². The number of aromatic nitrogens is 2. The Bertz CT molecular complexity index is 1160. The second kappa shape index (κ2) is 11.7. The van der Waals surface area contributed by atoms with Crippen LogP contribution in [0.4, 0.5) is 10.5 Å². The number of anilines is 1. The van der Waals surface area contributed by atoms with Gasteiger partial charge in [-0.3, -0.25) is 4.79 Å². The molecule has 3 fully saturated rings. The normalized spacial score (nSPS) is 20.1. The molecule has 0 spiro atoms. The van der Waals surface area contributed by atoms with Gasteiger partial charge < -0.3 is 33.5 Å². The Labute approximate surface area is 231 Å². The average molecular weight is 542 g/mol. The number of rotatable bonds is 9. The van der Waals surface area contributed by atoms with Crippen LogP contribution >= 0.6 is 0 Å². The van der Waals surface area contributed by atoms with Gasteiger partial charge in [0.1, 0.15) is 11.2 Å². The number of hydrogen-bond acceptors (Lipinski definition) is 7. The van der Waals surface area contributed by atoms with Gasteiger partial charge in [-0.15, -0.1) is 0 Å². The molecule has 1 unspecified atom stereocenters. The Kier molecular flexibility index (Phi) is 8.32. The number of pyridine rings is 1. The lowest BCUT2D eigenvalue weighted by Crippen LogP contribution is -2.53. The maximum atomic E-state index is 13.9. The number of carbonyl (C=O) groups is 2. The van der Waals surface area contributed by atoms with E-state index in [2.05, 4.69) is 21.7 Å². The van der Waals surface area contributed by atoms with E-state index in [9.17, 15) is 9.59 Å². The molecular weight excluding hydrogens is 498 g/mol. The van der Waals surface area contributed by atoms with E-state index in [4.69, 9.17) is 19.2 Å². The Morgan fingerprint density at radius 3 is 2.64 bits per heavy atom. The van der Waals surface area contributed by atoms with E-state index in [1.807, 2.05) is 31.9 Å². The number of methoxy groups -OCH3 is 1. The van der Waals surface area contributed by atoms with Crippen molar-refractivity contribution in [2.24, 2.45) is 0 Å². The van der Waals surface area contributed by atoms with E-state index in [0.717, 1.165) is 55.5 Å². The SMILES string of the molecule is COCCCn1cc(CN(C(=O)C2CN(C(=O)OC(C)(C)C)CCO2)C2CC2)c2c(N3CCCC3)ccnc21. The highest BCUT2D eigenvalue weighted by Gasteiger charge is 2.40. The maximum Gasteiger partial charge on any atom is 0.410 e. The van der Waals surface area contributed by atoms with Crippen LogP contribution in [-0.2, 0) is 32.1 Å². The van der Waals surface area contributed by atoms with Crippen LogP contribution in [0.3, 0.4) is 0 Å². The van der Waals surface area contributed by atoms with Gasteiger partial charge in [0.25, 0.3) is 5.91 Å². The number of amides is 2. The summed E-state index contributed by atoms with van der Waals surface area (Å²) in [6, 6.07) is 2.31. The molecule has 2 aromatic rings. The minimum Gasteiger partial charge on any atom is -0.444 e. The third-order valence-electron chi connectivity index (χ3n) is 7.61. The van der Waals surface area contributed by atoms with E-state index in [1.54, 1.807) is 12.0 Å². The fraction of sp³-hybridized carbons (Fsp3) is 0.690. The van der Waals surface area contributed by atoms with E-state index in [-0.39, 0.29) is 18.5 Å². The summed E-state index contributed by atoms with van der Waals surface area (Å²) >= 11 is 0. The largest absolute Gasteiger partial charge is 0.444 e. The first-order chi connectivity index (χ1) is 18.7. The van der Waals surface area contributed by atoms with Gasteiger partial charge in [-0.25, -0.2) is 9.78 Å². The van der Waals surface area contributed by atoms with Crippen molar-refractivity contribution in [2.45, 2.75) is 83.7 Å². The summed E-state index contributed by atoms with van der Waals surface area (Å²) < 4.78 is 19.0. The first kappa shape index (κ1) is 27.7. The molecule has 3 aliphatic rings. The Hall–Kier alpha value is -2.85. The first-order valence-corrected chi connectivity index (χ1v) is 14.4. The summed E-state index contributed by atoms with van der Waals surface area (Å²) in [4.78, 5) is 37.4. The van der Waals surface area contributed by atoms with Crippen molar-refractivity contribution in [1.29, 1.82) is 0 Å². The van der Waals surface area contributed by atoms with Crippen molar-refractivity contribution >= 4 is 28.7 Å². The summed E-state index contributed by atoms with van der Waals surface area (Å²) in [5, 5.41) is 1.13. The average Bonchev–Trinajstić information content (AvgIpc) is 3.48. The van der Waals surface area contributed by atoms with Crippen LogP contribution in [0.2, 0.25) is 0 Å². The number of carbonyl (C=O) groups excluding carboxylic acids is 2. The zero-order valence-electron chi connectivity index (χ0n) is 23.9. The first-order valence-electron chi connectivity index (χ1n) is 14.4. The zero-order chi connectivity index (χ0) is 27.6. The molecule has 0 N–H and O–H groups in total. The molecule has 1 saturated carbocycles. The van der Waals surface area contributed by atoms with Gasteiger partial charge in [0.15, 0.2) is 6.10 Å². The molecular formula is C29H43N5O5. The fourth-order valence-electron chi connectivity index (χ4n) is 5.60. The van der Waals surface area contributed by atoms with Gasteiger partial charge in [-0.1, -0.05) is 0 Å². The maximum absolute atomic E-state index is 13.9. The molecule has 0 bridgehead atoms. The Morgan fingerprint density at radius 1 is 1.18 bits per heavy atom. The van der Waals surface area contributed by atoms with Crippen LogP contribution in [0, 0.1) is 0 Å². The van der Waals surface area contributed by atoms with Crippen LogP contribution in [0.15, 0.2) is 18.5 Å². The number of fused-ring (bicyclic) bond motifs is 1. The molecule has 2 aromatic heterocycles. The molecule has 0 radical (unpaired) electrons. The Morgan fingerprint density at radius 2 is 1.95 bits per heavy atom. The Balaban J connectivity index is 1.40. The second-order valence-electron chi connectivity index (χ2n) is 11.9. The number of nitrogens with zero attached hydrogens (tertiary/aromatic N) is 5. The number of hydrogen-bond donors (Lipinski definition) is 0. The van der Waals surface area contributed by atoms with Gasteiger partial charge in [-0.2, -0.15) is 0 Å². The van der Waals surface area contributed by atoms with E-state index in [0.29, 0.717) is 26.3 Å². The molecule has 214 valence electrons. The van der Waals surface area contributed by atoms with Crippen molar-refractivity contribution in [1.82, 2.24) is 19.4 Å². The van der Waals surface area contributed by atoms with Gasteiger partial charge >= 0.3 is 6.09 Å². The van der Waals surface area contributed by atoms with Crippen molar-refractivity contribution in [2.75, 3.05) is 51.4 Å². The molecule has 0 aromatic carbocycles. The summed E-state index contributed by atoms with van der Waals surface area (Å²) in [7, 11) is 1.72. The molecule has 2 saturated heterocycles. The molecule has 10 heteroatoms. The minimum atomic E-state index is -0.696. The third kappa shape index (κ3) is 6.49. The molecule has 5 rings (SSSR count). The highest BCUT2D eigenvalue weighted by atomic mass is 16.6. The standard InChI is InChI=1S/C29H43N5O5/c1-29(2,3)39-28(36)33-15-17-38-24(20-33)27(35)34(22-8-9-22)19-21-18-32(14-7-16-37-4)26-25(21)23(10-11-30-26)31-12-5-6-13-31/h10-11,18,22,24H,5-9,12-17,19-20H2,1-4H3. The second-order valence-corrected chi connectivity index (χ2v) is 11.9. The predicted molar refractivity (Wildman–Crippen MR) is 149 cm³/mol. The van der Waals surface area contributed by atoms with Gasteiger partial charge in [0.05, 0.1) is 13.2 Å². The smallest absolute Gasteiger partial charge is 0.410 e. The minimum absolute atomic E-state index is 0.0577. The predicted octanol–water partition coefficient (Wildman–Crippen LogP) is 3.80. The number of aryl methyl sites for hydroxylation is 1. The highest BCUT2D eigenvalue weighted by Crippen LogP contribution is 2.36. The van der Waals surface area contributed by atoms with Crippen LogP contribution in [-0.4, -0.2) is 95.6 Å². The van der Waals surface area contributed by atoms with Crippen LogP contribution in [0.1, 0.15) is 58.4 Å². The van der Waals surface area contributed by atoms with Crippen molar-refractivity contribution < 1.29 is 23.8 Å². The van der Waals surface area contributed by atoms with Crippen molar-refractivity contribution in [3.8, 4) is 0 Å². The lowest BCUT2D eigenvalue weighted by Gasteiger charge is -2.36. The molecule has 4 heterocycles. The molecule has 1 atom stereocenters. The monoisotopic (exact) mass is 541 g/mol. The summed E-state index contributed by atoms with van der Waals surface area (Å²) in [6.45, 7) is 10.5.